The predicted molar refractivity (Wildman–Crippen MR) is 62.4 cm³/mol. The molecule has 6 nitrogen and oxygen atoms in total. The van der Waals surface area contributed by atoms with E-state index in [2.05, 4.69) is 4.98 Å². The zero-order chi connectivity index (χ0) is 13.4. The van der Waals surface area contributed by atoms with Crippen molar-refractivity contribution < 1.29 is 14.3 Å². The lowest BCUT2D eigenvalue weighted by molar-refractivity contribution is -0.133. The largest absolute Gasteiger partial charge is 0.452 e. The van der Waals surface area contributed by atoms with Gasteiger partial charge in [0.25, 0.3) is 5.91 Å². The highest BCUT2D eigenvalue weighted by Crippen LogP contribution is 1.99. The first kappa shape index (κ1) is 13.6. The molecule has 1 aromatic rings. The Kier molecular flexibility index (Phi) is 5.32. The molecular formula is C12H13N3O3. The van der Waals surface area contributed by atoms with Crippen molar-refractivity contribution in [3.8, 4) is 6.07 Å². The molecule has 1 heterocycles. The Bertz CT molecular complexity index is 453. The van der Waals surface area contributed by atoms with Gasteiger partial charge in [-0.2, -0.15) is 5.26 Å². The van der Waals surface area contributed by atoms with Crippen molar-refractivity contribution in [3.63, 3.8) is 0 Å². The standard InChI is InChI=1S/C12H13N3O3/c1-15(8-2-5-13)11(16)9-18-12(17)10-3-6-14-7-4-10/h3-4,6-7H,2,8-9H2,1H3. The second kappa shape index (κ2) is 7.01. The SMILES string of the molecule is CN(CCC#N)C(=O)COC(=O)c1ccncc1. The second-order valence-corrected chi connectivity index (χ2v) is 3.54. The molecule has 0 aliphatic carbocycles. The highest BCUT2D eigenvalue weighted by Gasteiger charge is 2.12. The Labute approximate surface area is 105 Å². The van der Waals surface area contributed by atoms with Crippen molar-refractivity contribution in [3.05, 3.63) is 30.1 Å². The minimum absolute atomic E-state index is 0.251. The van der Waals surface area contributed by atoms with Gasteiger partial charge in [0.15, 0.2) is 6.61 Å². The topological polar surface area (TPSA) is 83.3 Å². The zero-order valence-electron chi connectivity index (χ0n) is 10.00. The molecule has 6 heteroatoms. The smallest absolute Gasteiger partial charge is 0.338 e. The number of nitriles is 1. The Morgan fingerprint density at radius 1 is 1.44 bits per heavy atom. The van der Waals surface area contributed by atoms with Crippen molar-refractivity contribution in [2.45, 2.75) is 6.42 Å². The van der Waals surface area contributed by atoms with Crippen LogP contribution >= 0.6 is 0 Å². The van der Waals surface area contributed by atoms with Crippen LogP contribution in [0.3, 0.4) is 0 Å². The molecule has 1 aromatic heterocycles. The van der Waals surface area contributed by atoms with Gasteiger partial charge in [-0.1, -0.05) is 0 Å². The third kappa shape index (κ3) is 4.22. The van der Waals surface area contributed by atoms with Crippen LogP contribution in [-0.2, 0) is 9.53 Å². The number of nitrogens with zero attached hydrogens (tertiary/aromatic N) is 3. The first-order valence-electron chi connectivity index (χ1n) is 5.33. The summed E-state index contributed by atoms with van der Waals surface area (Å²) in [5, 5.41) is 8.38. The monoisotopic (exact) mass is 247 g/mol. The van der Waals surface area contributed by atoms with E-state index >= 15 is 0 Å². The summed E-state index contributed by atoms with van der Waals surface area (Å²) in [6, 6.07) is 4.95. The number of esters is 1. The maximum atomic E-state index is 11.5. The fourth-order valence-electron chi connectivity index (χ4n) is 1.15. The molecule has 0 unspecified atom stereocenters. The minimum atomic E-state index is -0.570. The molecule has 0 aliphatic heterocycles. The molecule has 0 bridgehead atoms. The van der Waals surface area contributed by atoms with Crippen molar-refractivity contribution in [1.82, 2.24) is 9.88 Å². The maximum Gasteiger partial charge on any atom is 0.338 e. The number of aromatic nitrogens is 1. The number of carbonyl (C=O) groups excluding carboxylic acids is 2. The molecule has 1 rings (SSSR count). The number of hydrogen-bond acceptors (Lipinski definition) is 5. The fourth-order valence-corrected chi connectivity index (χ4v) is 1.15. The summed E-state index contributed by atoms with van der Waals surface area (Å²) in [5.41, 5.74) is 0.345. The van der Waals surface area contributed by atoms with E-state index in [1.165, 1.54) is 29.4 Å². The number of ether oxygens (including phenoxy) is 1. The lowest BCUT2D eigenvalue weighted by atomic mass is 10.3. The van der Waals surface area contributed by atoms with Crippen molar-refractivity contribution in [2.75, 3.05) is 20.2 Å². The van der Waals surface area contributed by atoms with Gasteiger partial charge in [0.2, 0.25) is 0 Å². The van der Waals surface area contributed by atoms with E-state index in [-0.39, 0.29) is 18.9 Å². The molecule has 0 fully saturated rings. The van der Waals surface area contributed by atoms with Crippen molar-refractivity contribution >= 4 is 11.9 Å². The van der Waals surface area contributed by atoms with E-state index < -0.39 is 5.97 Å². The van der Waals surface area contributed by atoms with Crippen LogP contribution in [0.15, 0.2) is 24.5 Å². The van der Waals surface area contributed by atoms with E-state index in [0.29, 0.717) is 12.1 Å². The number of carbonyl (C=O) groups is 2. The Morgan fingerprint density at radius 3 is 2.72 bits per heavy atom. The van der Waals surface area contributed by atoms with Gasteiger partial charge < -0.3 is 9.64 Å². The molecule has 0 aromatic carbocycles. The Hall–Kier alpha value is -2.42. The average Bonchev–Trinajstić information content (AvgIpc) is 2.42. The van der Waals surface area contributed by atoms with Gasteiger partial charge >= 0.3 is 5.97 Å². The highest BCUT2D eigenvalue weighted by atomic mass is 16.5. The lowest BCUT2D eigenvalue weighted by Gasteiger charge is -2.15. The quantitative estimate of drug-likeness (QED) is 0.712. The predicted octanol–water partition coefficient (Wildman–Crippen LogP) is 0.610. The summed E-state index contributed by atoms with van der Waals surface area (Å²) >= 11 is 0. The number of hydrogen-bond donors (Lipinski definition) is 0. The molecular weight excluding hydrogens is 234 g/mol. The van der Waals surface area contributed by atoms with Crippen molar-refractivity contribution in [2.24, 2.45) is 0 Å². The Morgan fingerprint density at radius 2 is 2.11 bits per heavy atom. The van der Waals surface area contributed by atoms with Crippen LogP contribution in [0.1, 0.15) is 16.8 Å². The van der Waals surface area contributed by atoms with Gasteiger partial charge in [-0.3, -0.25) is 9.78 Å². The molecule has 0 spiro atoms. The van der Waals surface area contributed by atoms with Crippen LogP contribution < -0.4 is 0 Å². The van der Waals surface area contributed by atoms with Gasteiger partial charge in [0.1, 0.15) is 0 Å². The fraction of sp³-hybridized carbons (Fsp3) is 0.333. The second-order valence-electron chi connectivity index (χ2n) is 3.54. The summed E-state index contributed by atoms with van der Waals surface area (Å²) in [6.07, 6.45) is 3.19. The third-order valence-corrected chi connectivity index (χ3v) is 2.23. The van der Waals surface area contributed by atoms with Crippen LogP contribution in [0.4, 0.5) is 0 Å². The van der Waals surface area contributed by atoms with E-state index in [4.69, 9.17) is 10.00 Å². The summed E-state index contributed by atoms with van der Waals surface area (Å²) < 4.78 is 4.85. The number of pyridine rings is 1. The van der Waals surface area contributed by atoms with Crippen LogP contribution in [0.25, 0.3) is 0 Å². The normalized spacial score (nSPS) is 9.33. The van der Waals surface area contributed by atoms with E-state index in [1.54, 1.807) is 7.05 Å². The number of likely N-dealkylation sites (N-methyl/N-ethyl adjacent to an activating group) is 1. The summed E-state index contributed by atoms with van der Waals surface area (Å²) in [7, 11) is 1.56. The van der Waals surface area contributed by atoms with E-state index in [0.717, 1.165) is 0 Å². The summed E-state index contributed by atoms with van der Waals surface area (Å²) in [5.74, 6) is -0.910. The number of amides is 1. The van der Waals surface area contributed by atoms with Crippen LogP contribution in [0.5, 0.6) is 0 Å². The van der Waals surface area contributed by atoms with Crippen LogP contribution in [-0.4, -0.2) is 42.0 Å². The van der Waals surface area contributed by atoms with Gasteiger partial charge in [-0.25, -0.2) is 4.79 Å². The first-order valence-corrected chi connectivity index (χ1v) is 5.33. The summed E-state index contributed by atoms with van der Waals surface area (Å²) in [4.78, 5) is 28.1. The minimum Gasteiger partial charge on any atom is -0.452 e. The molecule has 0 radical (unpaired) electrons. The molecule has 1 amide bonds. The van der Waals surface area contributed by atoms with Gasteiger partial charge in [-0.05, 0) is 12.1 Å². The molecule has 0 saturated carbocycles. The van der Waals surface area contributed by atoms with Gasteiger partial charge in [0.05, 0.1) is 18.1 Å². The zero-order valence-corrected chi connectivity index (χ0v) is 10.00. The summed E-state index contributed by atoms with van der Waals surface area (Å²) in [6.45, 7) is -0.00870. The molecule has 0 atom stereocenters. The molecule has 94 valence electrons. The average molecular weight is 247 g/mol. The van der Waals surface area contributed by atoms with Gasteiger partial charge in [-0.15, -0.1) is 0 Å². The molecule has 0 N–H and O–H groups in total. The van der Waals surface area contributed by atoms with Gasteiger partial charge in [0, 0.05) is 26.0 Å². The molecule has 0 saturated heterocycles. The van der Waals surface area contributed by atoms with Crippen molar-refractivity contribution in [1.29, 1.82) is 5.26 Å². The Balaban J connectivity index is 2.39. The lowest BCUT2D eigenvalue weighted by Crippen LogP contribution is -2.31. The number of rotatable bonds is 5. The van der Waals surface area contributed by atoms with E-state index in [9.17, 15) is 9.59 Å². The third-order valence-electron chi connectivity index (χ3n) is 2.23. The molecule has 0 aliphatic rings. The van der Waals surface area contributed by atoms with E-state index in [1.807, 2.05) is 6.07 Å². The van der Waals surface area contributed by atoms with Crippen LogP contribution in [0.2, 0.25) is 0 Å². The van der Waals surface area contributed by atoms with Crippen LogP contribution in [0, 0.1) is 11.3 Å². The maximum absolute atomic E-state index is 11.5. The highest BCUT2D eigenvalue weighted by molar-refractivity contribution is 5.91. The first-order chi connectivity index (χ1) is 8.65. The molecule has 18 heavy (non-hydrogen) atoms.